The quantitative estimate of drug-likeness (QED) is 0.485. The van der Waals surface area contributed by atoms with E-state index in [0.717, 1.165) is 35.2 Å². The van der Waals surface area contributed by atoms with Gasteiger partial charge in [-0.1, -0.05) is 29.8 Å². The molecule has 0 aliphatic carbocycles. The Kier molecular flexibility index (Phi) is 7.05. The Bertz CT molecular complexity index is 1240. The van der Waals surface area contributed by atoms with Gasteiger partial charge in [-0.15, -0.1) is 0 Å². The lowest BCUT2D eigenvalue weighted by Crippen LogP contribution is -2.32. The van der Waals surface area contributed by atoms with Crippen LogP contribution in [0.2, 0.25) is 5.02 Å². The molecule has 5 nitrogen and oxygen atoms in total. The van der Waals surface area contributed by atoms with Crippen molar-refractivity contribution in [2.24, 2.45) is 0 Å². The zero-order valence-electron chi connectivity index (χ0n) is 20.1. The summed E-state index contributed by atoms with van der Waals surface area (Å²) in [6, 6.07) is 18.9. The fraction of sp³-hybridized carbons (Fsp3) is 0.286. The second kappa shape index (κ2) is 10.00. The van der Waals surface area contributed by atoms with Gasteiger partial charge in [0.2, 0.25) is 0 Å². The van der Waals surface area contributed by atoms with Gasteiger partial charge in [0.25, 0.3) is 11.8 Å². The van der Waals surface area contributed by atoms with E-state index in [1.165, 1.54) is 0 Å². The van der Waals surface area contributed by atoms with E-state index in [-0.39, 0.29) is 17.9 Å². The number of anilines is 2. The molecule has 1 aliphatic rings. The average molecular weight is 476 g/mol. The lowest BCUT2D eigenvalue weighted by molar-refractivity contribution is 0.0985. The standard InChI is InChI=1S/C28H30ClN3O2/c1-18-8-5-6-9-22(18)27(33)30-21-12-13-23(19(2)16-21)28(34)32-15-7-10-25(31(3)4)24-17-20(29)11-14-26(24)32/h5-6,8-9,11-14,16-17,25H,7,10,15H2,1-4H3,(H,30,33). The van der Waals surface area contributed by atoms with Crippen LogP contribution in [0.4, 0.5) is 11.4 Å². The van der Waals surface area contributed by atoms with E-state index in [9.17, 15) is 9.59 Å². The van der Waals surface area contributed by atoms with Gasteiger partial charge in [0.15, 0.2) is 0 Å². The maximum Gasteiger partial charge on any atom is 0.258 e. The lowest BCUT2D eigenvalue weighted by atomic mass is 10.0. The van der Waals surface area contributed by atoms with Gasteiger partial charge in [-0.05, 0) is 99.9 Å². The Labute approximate surface area is 206 Å². The molecule has 176 valence electrons. The maximum absolute atomic E-state index is 13.7. The Morgan fingerprint density at radius 3 is 2.44 bits per heavy atom. The molecule has 1 heterocycles. The summed E-state index contributed by atoms with van der Waals surface area (Å²) in [5, 5.41) is 3.62. The highest BCUT2D eigenvalue weighted by molar-refractivity contribution is 6.30. The number of nitrogens with zero attached hydrogens (tertiary/aromatic N) is 2. The molecular formula is C28H30ClN3O2. The number of hydrogen-bond donors (Lipinski definition) is 1. The molecule has 3 aromatic carbocycles. The van der Waals surface area contributed by atoms with Crippen LogP contribution >= 0.6 is 11.6 Å². The number of halogens is 1. The van der Waals surface area contributed by atoms with Crippen LogP contribution in [0, 0.1) is 13.8 Å². The van der Waals surface area contributed by atoms with Crippen molar-refractivity contribution in [2.45, 2.75) is 32.7 Å². The first-order valence-corrected chi connectivity index (χ1v) is 11.9. The van der Waals surface area contributed by atoms with Gasteiger partial charge in [0, 0.05) is 40.1 Å². The minimum Gasteiger partial charge on any atom is -0.322 e. The van der Waals surface area contributed by atoms with E-state index < -0.39 is 0 Å². The number of benzene rings is 3. The molecule has 34 heavy (non-hydrogen) atoms. The molecule has 0 saturated carbocycles. The fourth-order valence-corrected chi connectivity index (χ4v) is 4.84. The molecule has 1 aliphatic heterocycles. The third kappa shape index (κ3) is 4.86. The molecule has 4 rings (SSSR count). The summed E-state index contributed by atoms with van der Waals surface area (Å²) in [5.41, 5.74) is 5.63. The van der Waals surface area contributed by atoms with Crippen molar-refractivity contribution in [2.75, 3.05) is 30.9 Å². The highest BCUT2D eigenvalue weighted by atomic mass is 35.5. The van der Waals surface area contributed by atoms with Gasteiger partial charge in [-0.2, -0.15) is 0 Å². The zero-order valence-corrected chi connectivity index (χ0v) is 20.8. The molecule has 1 unspecified atom stereocenters. The van der Waals surface area contributed by atoms with Crippen LogP contribution in [0.3, 0.4) is 0 Å². The van der Waals surface area contributed by atoms with Crippen LogP contribution in [-0.2, 0) is 0 Å². The monoisotopic (exact) mass is 475 g/mol. The van der Waals surface area contributed by atoms with E-state index >= 15 is 0 Å². The number of nitrogens with one attached hydrogen (secondary N) is 1. The van der Waals surface area contributed by atoms with Crippen molar-refractivity contribution in [3.8, 4) is 0 Å². The number of hydrogen-bond acceptors (Lipinski definition) is 3. The largest absolute Gasteiger partial charge is 0.322 e. The van der Waals surface area contributed by atoms with Crippen molar-refractivity contribution in [3.05, 3.63) is 93.5 Å². The molecule has 3 aromatic rings. The third-order valence-electron chi connectivity index (χ3n) is 6.47. The minimum absolute atomic E-state index is 0.0442. The molecule has 0 saturated heterocycles. The summed E-state index contributed by atoms with van der Waals surface area (Å²) in [4.78, 5) is 30.4. The summed E-state index contributed by atoms with van der Waals surface area (Å²) in [6.07, 6.45) is 1.84. The first-order chi connectivity index (χ1) is 16.3. The average Bonchev–Trinajstić information content (AvgIpc) is 2.98. The second-order valence-corrected chi connectivity index (χ2v) is 9.52. The summed E-state index contributed by atoms with van der Waals surface area (Å²) < 4.78 is 0. The molecule has 0 fully saturated rings. The lowest BCUT2D eigenvalue weighted by Gasteiger charge is -2.27. The van der Waals surface area contributed by atoms with Gasteiger partial charge in [-0.25, -0.2) is 0 Å². The van der Waals surface area contributed by atoms with Gasteiger partial charge in [-0.3, -0.25) is 9.59 Å². The minimum atomic E-state index is -0.162. The third-order valence-corrected chi connectivity index (χ3v) is 6.71. The number of amides is 2. The molecule has 6 heteroatoms. The Balaban J connectivity index is 1.61. The van der Waals surface area contributed by atoms with Crippen LogP contribution in [0.1, 0.15) is 56.3 Å². The van der Waals surface area contributed by atoms with Crippen LogP contribution < -0.4 is 10.2 Å². The second-order valence-electron chi connectivity index (χ2n) is 9.08. The van der Waals surface area contributed by atoms with Crippen LogP contribution in [-0.4, -0.2) is 37.4 Å². The van der Waals surface area contributed by atoms with E-state index in [0.29, 0.717) is 28.4 Å². The Morgan fingerprint density at radius 2 is 1.74 bits per heavy atom. The number of fused-ring (bicyclic) bond motifs is 1. The first-order valence-electron chi connectivity index (χ1n) is 11.5. The normalized spacial score (nSPS) is 15.6. The zero-order chi connectivity index (χ0) is 24.4. The topological polar surface area (TPSA) is 52.7 Å². The first kappa shape index (κ1) is 24.0. The van der Waals surface area contributed by atoms with Crippen molar-refractivity contribution in [1.82, 2.24) is 4.90 Å². The summed E-state index contributed by atoms with van der Waals surface area (Å²) in [7, 11) is 4.11. The molecule has 0 bridgehead atoms. The number of rotatable bonds is 4. The Hall–Kier alpha value is -3.15. The SMILES string of the molecule is Cc1ccccc1C(=O)Nc1ccc(C(=O)N2CCCC(N(C)C)c3cc(Cl)ccc32)c(C)c1. The predicted molar refractivity (Wildman–Crippen MR) is 139 cm³/mol. The van der Waals surface area contributed by atoms with Crippen LogP contribution in [0.15, 0.2) is 60.7 Å². The van der Waals surface area contributed by atoms with Crippen molar-refractivity contribution in [3.63, 3.8) is 0 Å². The van der Waals surface area contributed by atoms with Gasteiger partial charge >= 0.3 is 0 Å². The summed E-state index contributed by atoms with van der Waals surface area (Å²) in [5.74, 6) is -0.207. The molecule has 1 N–H and O–H groups in total. The van der Waals surface area contributed by atoms with E-state index in [1.807, 2.05) is 61.2 Å². The van der Waals surface area contributed by atoms with Gasteiger partial charge < -0.3 is 15.1 Å². The van der Waals surface area contributed by atoms with Crippen molar-refractivity contribution in [1.29, 1.82) is 0 Å². The smallest absolute Gasteiger partial charge is 0.258 e. The highest BCUT2D eigenvalue weighted by Crippen LogP contribution is 2.38. The van der Waals surface area contributed by atoms with E-state index in [4.69, 9.17) is 11.6 Å². The molecule has 0 radical (unpaired) electrons. The molecule has 0 aromatic heterocycles. The van der Waals surface area contributed by atoms with Crippen LogP contribution in [0.5, 0.6) is 0 Å². The number of aryl methyl sites for hydroxylation is 2. The maximum atomic E-state index is 13.7. The predicted octanol–water partition coefficient (Wildman–Crippen LogP) is 6.25. The fourth-order valence-electron chi connectivity index (χ4n) is 4.66. The van der Waals surface area contributed by atoms with Crippen molar-refractivity contribution >= 4 is 34.8 Å². The molecule has 0 spiro atoms. The van der Waals surface area contributed by atoms with Crippen LogP contribution in [0.25, 0.3) is 0 Å². The summed E-state index contributed by atoms with van der Waals surface area (Å²) >= 11 is 6.33. The van der Waals surface area contributed by atoms with E-state index in [1.54, 1.807) is 18.2 Å². The van der Waals surface area contributed by atoms with Gasteiger partial charge in [0.05, 0.1) is 0 Å². The highest BCUT2D eigenvalue weighted by Gasteiger charge is 2.29. The number of carbonyl (C=O) groups is 2. The Morgan fingerprint density at radius 1 is 0.971 bits per heavy atom. The van der Waals surface area contributed by atoms with E-state index in [2.05, 4.69) is 24.3 Å². The molecule has 1 atom stereocenters. The molecule has 2 amide bonds. The number of carbonyl (C=O) groups excluding carboxylic acids is 2. The van der Waals surface area contributed by atoms with Gasteiger partial charge in [0.1, 0.15) is 0 Å². The molecular weight excluding hydrogens is 446 g/mol. The van der Waals surface area contributed by atoms with Crippen molar-refractivity contribution < 1.29 is 9.59 Å². The summed E-state index contributed by atoms with van der Waals surface area (Å²) in [6.45, 7) is 4.46.